The number of pyridine rings is 4. The van der Waals surface area contributed by atoms with E-state index in [0.29, 0.717) is 143 Å². The first kappa shape index (κ1) is 102. The standard InChI is InChI=1S/C38H47ClFN9O2.C36H37ClFN7O3.C32H34ClFN6O2/c1-9-31(50)47-19-25(7)48(20-24(47)6)36-27-18-28(39)34(26-12-10-11-13-29(26)40)43-37(27)49(38(51)44-36)35-32(22(2)3)41-30(42-33(35)23(4)5)21-46-16-14-45(8)15-17-46;1-8-28(46)43-16-22(7)44(17-21(43)6)34-25-15-26(37)31(24-11-9-10-12-27(24)38)41-35(25)45(36(47)42-34)32-29(19(2)3)39-33(23-13-14-48-18-23)40-30(32)20(4)5;1-6-10-26-30(19(3)13-14-35-26)40-18-27(41)36-31(39-17-20(4)38(16-21(39)5)28(42)7-2)23-15-24(33)29(37-32(23)40)22-11-8-9-12-25(22)34/h9-13,18,22-25H,1,14-17,19-21H2,2-8H3;8-15,18-22H,1,16-17H2,2-7H3;7-9,11-15,20-21H,2,6,10,16-18H2,1,3-5H3. The molecule has 0 radical (unpaired) electrons. The molecule has 4 amide bonds. The van der Waals surface area contributed by atoms with E-state index in [2.05, 4.69) is 58.5 Å². The second-order valence-electron chi connectivity index (χ2n) is 38.0. The fourth-order valence-electron chi connectivity index (χ4n) is 19.1. The third-order valence-electron chi connectivity index (χ3n) is 26.4. The van der Waals surface area contributed by atoms with Crippen molar-refractivity contribution in [2.75, 3.05) is 93.7 Å². The summed E-state index contributed by atoms with van der Waals surface area (Å²) in [5.41, 5.74) is 8.15. The number of hydrogen-bond acceptors (Lipinski definition) is 23. The Kier molecular flexibility index (Phi) is 31.2. The van der Waals surface area contributed by atoms with E-state index in [9.17, 15) is 28.8 Å². The van der Waals surface area contributed by atoms with Gasteiger partial charge in [0.2, 0.25) is 17.7 Å². The minimum atomic E-state index is -0.597. The van der Waals surface area contributed by atoms with Gasteiger partial charge in [-0.1, -0.05) is 160 Å². The van der Waals surface area contributed by atoms with Crippen molar-refractivity contribution in [1.82, 2.24) is 88.4 Å². The minimum Gasteiger partial charge on any atom is -0.472 e. The summed E-state index contributed by atoms with van der Waals surface area (Å²) in [5, 5.41) is 1.66. The highest BCUT2D eigenvalue weighted by atomic mass is 35.5. The summed E-state index contributed by atoms with van der Waals surface area (Å²) in [5.74, 6) is 0.127. The van der Waals surface area contributed by atoms with Gasteiger partial charge < -0.3 is 43.6 Å². The zero-order chi connectivity index (χ0) is 101. The summed E-state index contributed by atoms with van der Waals surface area (Å²) in [4.78, 5) is 152. The number of carbonyl (C=O) groups excluding carboxylic acids is 4. The highest BCUT2D eigenvalue weighted by Gasteiger charge is 2.42. The van der Waals surface area contributed by atoms with Crippen LogP contribution < -0.4 is 26.1 Å². The van der Waals surface area contributed by atoms with Crippen LogP contribution in [-0.2, 0) is 32.1 Å². The number of furan rings is 1. The average Bonchev–Trinajstić information content (AvgIpc) is 1.41. The molecule has 14 heterocycles. The summed E-state index contributed by atoms with van der Waals surface area (Å²) >= 11 is 20.7. The molecule has 6 unspecified atom stereocenters. The first-order valence-electron chi connectivity index (χ1n) is 47.7. The molecule has 0 spiro atoms. The zero-order valence-corrected chi connectivity index (χ0v) is 84.8. The van der Waals surface area contributed by atoms with Crippen LogP contribution in [0, 0.1) is 24.4 Å². The molecule has 5 aliphatic heterocycles. The van der Waals surface area contributed by atoms with Crippen LogP contribution in [-0.4, -0.2) is 233 Å². The van der Waals surface area contributed by atoms with Gasteiger partial charge in [0.25, 0.3) is 5.91 Å². The van der Waals surface area contributed by atoms with Crippen molar-refractivity contribution >= 4 is 109 Å². The molecule has 4 saturated heterocycles. The number of halogens is 6. The highest BCUT2D eigenvalue weighted by molar-refractivity contribution is 6.35. The lowest BCUT2D eigenvalue weighted by Gasteiger charge is -2.45. The lowest BCUT2D eigenvalue weighted by molar-refractivity contribution is -0.131. The second kappa shape index (κ2) is 43.0. The number of piperazine rings is 4. The van der Waals surface area contributed by atoms with Crippen LogP contribution in [0.1, 0.15) is 179 Å². The molecular formula is C106H118Cl3F3N22O7. The Morgan fingerprint density at radius 2 is 0.901 bits per heavy atom. The number of benzene rings is 3. The molecule has 0 saturated carbocycles. The number of anilines is 4. The van der Waals surface area contributed by atoms with E-state index in [4.69, 9.17) is 79.1 Å². The van der Waals surface area contributed by atoms with E-state index in [1.165, 1.54) is 45.6 Å². The molecule has 6 atom stereocenters. The first-order chi connectivity index (χ1) is 67.3. The molecule has 5 aliphatic rings. The maximum atomic E-state index is 15.3. The van der Waals surface area contributed by atoms with Crippen LogP contribution in [0.15, 0.2) is 179 Å². The lowest BCUT2D eigenvalue weighted by Crippen LogP contribution is -2.59. The second-order valence-corrected chi connectivity index (χ2v) is 39.2. The van der Waals surface area contributed by atoms with Crippen molar-refractivity contribution in [3.05, 3.63) is 259 Å². The number of fused-ring (bicyclic) bond motifs is 3. The molecule has 3 aromatic carbocycles. The van der Waals surface area contributed by atoms with Gasteiger partial charge in [0, 0.05) is 125 Å². The Morgan fingerprint density at radius 3 is 1.31 bits per heavy atom. The average molecular weight is 1980 g/mol. The molecule has 0 bridgehead atoms. The lowest BCUT2D eigenvalue weighted by atomic mass is 10.0. The summed E-state index contributed by atoms with van der Waals surface area (Å²) in [6, 6.07) is 26.6. The molecule has 0 aliphatic carbocycles. The van der Waals surface area contributed by atoms with Crippen LogP contribution in [0.25, 0.3) is 78.6 Å². The predicted octanol–water partition coefficient (Wildman–Crippen LogP) is 18.5. The number of amidine groups is 1. The van der Waals surface area contributed by atoms with Crippen molar-refractivity contribution in [3.63, 3.8) is 0 Å². The van der Waals surface area contributed by atoms with Gasteiger partial charge >= 0.3 is 11.4 Å². The smallest absolute Gasteiger partial charge is 0.355 e. The zero-order valence-electron chi connectivity index (χ0n) is 82.5. The van der Waals surface area contributed by atoms with Gasteiger partial charge in [-0.2, -0.15) is 15.0 Å². The highest BCUT2D eigenvalue weighted by Crippen LogP contribution is 2.45. The summed E-state index contributed by atoms with van der Waals surface area (Å²) in [7, 11) is 2.13. The number of carbonyl (C=O) groups is 4. The molecule has 12 aromatic rings. The fraction of sp³-hybridized carbons (Fsp3) is 0.387. The van der Waals surface area contributed by atoms with E-state index in [-0.39, 0.29) is 150 Å². The van der Waals surface area contributed by atoms with E-state index >= 15 is 13.2 Å². The normalized spacial score (nSPS) is 18.2. The third-order valence-corrected chi connectivity index (χ3v) is 27.2. The number of aryl methyl sites for hydroxylation is 2. The van der Waals surface area contributed by atoms with E-state index in [1.807, 2.05) is 130 Å². The van der Waals surface area contributed by atoms with Gasteiger partial charge in [-0.05, 0) is 176 Å². The summed E-state index contributed by atoms with van der Waals surface area (Å²) in [6.07, 6.45) is 10.4. The van der Waals surface area contributed by atoms with Gasteiger partial charge in [0.15, 0.2) is 17.1 Å². The number of hydrogen-bond donors (Lipinski definition) is 0. The van der Waals surface area contributed by atoms with Gasteiger partial charge in [-0.25, -0.2) is 66.8 Å². The Hall–Kier alpha value is -13.3. The van der Waals surface area contributed by atoms with Crippen molar-refractivity contribution in [2.24, 2.45) is 4.99 Å². The number of amides is 4. The number of nitrogens with zero attached hydrogens (tertiary/aromatic N) is 22. The van der Waals surface area contributed by atoms with Crippen LogP contribution in [0.4, 0.5) is 36.3 Å². The van der Waals surface area contributed by atoms with Crippen LogP contribution in [0.5, 0.6) is 0 Å². The van der Waals surface area contributed by atoms with E-state index in [1.54, 1.807) is 112 Å². The fourth-order valence-corrected chi connectivity index (χ4v) is 19.8. The van der Waals surface area contributed by atoms with Crippen molar-refractivity contribution < 1.29 is 36.8 Å². The third kappa shape index (κ3) is 20.8. The Balaban J connectivity index is 0.000000160. The molecule has 17 rings (SSSR count). The Morgan fingerprint density at radius 1 is 0.489 bits per heavy atom. The van der Waals surface area contributed by atoms with E-state index in [0.717, 1.165) is 49.5 Å². The molecule has 141 heavy (non-hydrogen) atoms. The molecule has 0 N–H and O–H groups in total. The minimum absolute atomic E-state index is 0.0794. The number of rotatable bonds is 20. The van der Waals surface area contributed by atoms with Gasteiger partial charge in [-0.15, -0.1) is 0 Å². The quantitative estimate of drug-likeness (QED) is 0.0640. The van der Waals surface area contributed by atoms with Gasteiger partial charge in [0.1, 0.15) is 59.4 Å². The van der Waals surface area contributed by atoms with Crippen molar-refractivity contribution in [2.45, 2.75) is 190 Å². The topological polar surface area (TPSA) is 296 Å². The molecule has 736 valence electrons. The van der Waals surface area contributed by atoms with E-state index < -0.39 is 28.8 Å². The van der Waals surface area contributed by atoms with Crippen LogP contribution >= 0.6 is 34.8 Å². The van der Waals surface area contributed by atoms with Gasteiger partial charge in [0.05, 0.1) is 112 Å². The van der Waals surface area contributed by atoms with Crippen molar-refractivity contribution in [1.29, 1.82) is 0 Å². The molecule has 4 fully saturated rings. The Labute approximate surface area is 833 Å². The molecule has 29 nitrogen and oxygen atoms in total. The van der Waals surface area contributed by atoms with Gasteiger partial charge in [-0.3, -0.25) is 29.1 Å². The Bertz CT molecular complexity index is 6950. The summed E-state index contributed by atoms with van der Waals surface area (Å²) in [6.45, 7) is 49.7. The number of aromatic nitrogens is 12. The first-order valence-corrected chi connectivity index (χ1v) is 48.9. The monoisotopic (exact) mass is 1970 g/mol. The van der Waals surface area contributed by atoms with Crippen molar-refractivity contribution in [3.8, 4) is 56.5 Å². The maximum Gasteiger partial charge on any atom is 0.355 e. The molecule has 35 heteroatoms. The summed E-state index contributed by atoms with van der Waals surface area (Å²) < 4.78 is 53.8. The molecule has 9 aromatic heterocycles. The number of aliphatic imine (C=N–C) groups is 1. The van der Waals surface area contributed by atoms with Crippen LogP contribution in [0.3, 0.4) is 0 Å². The largest absolute Gasteiger partial charge is 0.472 e. The maximum absolute atomic E-state index is 15.3. The van der Waals surface area contributed by atoms with Crippen LogP contribution in [0.2, 0.25) is 15.1 Å². The number of likely N-dealkylation sites (N-methyl/N-ethyl adjacent to an activating group) is 1. The predicted molar refractivity (Wildman–Crippen MR) is 549 cm³/mol. The SMILES string of the molecule is C=CC(=O)N1CC(C)N(C2=NC(=O)CN(c3c(C)ccnc3CCC)c3nc(-c4ccccc4F)c(Cl)cc32)CC1C.C=CC(=O)N1CC(C)N(c2nc(=O)n(-c3c(C(C)C)nc(-c4ccoc4)nc3C(C)C)c3nc(-c4ccccc4F)c(Cl)cc23)CC1C.C=CC(=O)N1CC(C)N(c2nc(=O)n(-c3c(C(C)C)nc(CN4CCN(C)CC4)nc3C(C)C)c3nc(-c4ccccc4F)c(Cl)cc23)CC1C. The molecular weight excluding hydrogens is 1860 g/mol.